The Labute approximate surface area is 164 Å². The number of ketones is 1. The second-order valence-corrected chi connectivity index (χ2v) is 7.62. The predicted molar refractivity (Wildman–Crippen MR) is 103 cm³/mol. The highest BCUT2D eigenvalue weighted by Crippen LogP contribution is 2.34. The van der Waals surface area contributed by atoms with Crippen LogP contribution in [0.3, 0.4) is 0 Å². The Morgan fingerprint density at radius 2 is 1.54 bits per heavy atom. The van der Waals surface area contributed by atoms with Gasteiger partial charge in [-0.05, 0) is 68.9 Å². The molecule has 1 aliphatic heterocycles. The van der Waals surface area contributed by atoms with E-state index in [9.17, 15) is 19.2 Å². The van der Waals surface area contributed by atoms with Crippen molar-refractivity contribution in [3.8, 4) is 0 Å². The number of hydrogen-bond acceptors (Lipinski definition) is 5. The number of hydrogen-bond donors (Lipinski definition) is 0. The summed E-state index contributed by atoms with van der Waals surface area (Å²) in [6, 6.07) is 1.80. The maximum Gasteiger partial charge on any atom is 0.326 e. The van der Waals surface area contributed by atoms with Crippen molar-refractivity contribution in [2.75, 3.05) is 13.2 Å². The van der Waals surface area contributed by atoms with E-state index in [-0.39, 0.29) is 29.4 Å². The van der Waals surface area contributed by atoms with Crippen molar-refractivity contribution in [2.24, 2.45) is 11.8 Å². The van der Waals surface area contributed by atoms with Crippen molar-refractivity contribution in [3.05, 3.63) is 46.0 Å². The average Bonchev–Trinajstić information content (AvgIpc) is 2.92. The average molecular weight is 383 g/mol. The van der Waals surface area contributed by atoms with Crippen LogP contribution in [0.15, 0.2) is 18.2 Å². The monoisotopic (exact) mass is 383 g/mol. The van der Waals surface area contributed by atoms with Crippen LogP contribution in [-0.2, 0) is 19.1 Å². The summed E-state index contributed by atoms with van der Waals surface area (Å²) in [6.07, 6.45) is 4.82. The number of benzene rings is 1. The summed E-state index contributed by atoms with van der Waals surface area (Å²) in [5.41, 5.74) is 4.57. The number of carbonyl (C=O) groups excluding carboxylic acids is 4. The van der Waals surface area contributed by atoms with E-state index in [4.69, 9.17) is 4.74 Å². The lowest BCUT2D eigenvalue weighted by Gasteiger charge is -2.15. The third-order valence-electron chi connectivity index (χ3n) is 6.03. The number of likely N-dealkylation sites (tertiary alicyclic amines) is 1. The Hall–Kier alpha value is -2.76. The van der Waals surface area contributed by atoms with Crippen molar-refractivity contribution in [1.82, 2.24) is 4.90 Å². The molecule has 1 heterocycles. The second kappa shape index (κ2) is 7.70. The molecular weight excluding hydrogens is 358 g/mol. The summed E-state index contributed by atoms with van der Waals surface area (Å²) >= 11 is 0. The van der Waals surface area contributed by atoms with Crippen LogP contribution in [0.1, 0.15) is 45.5 Å². The van der Waals surface area contributed by atoms with E-state index in [1.165, 1.54) is 0 Å². The molecule has 2 unspecified atom stereocenters. The number of rotatable bonds is 5. The summed E-state index contributed by atoms with van der Waals surface area (Å²) in [5.74, 6) is -2.47. The second-order valence-electron chi connectivity index (χ2n) is 7.62. The van der Waals surface area contributed by atoms with Gasteiger partial charge in [0.25, 0.3) is 0 Å². The van der Waals surface area contributed by atoms with E-state index in [0.29, 0.717) is 18.4 Å². The Bertz CT molecular complexity index is 873. The van der Waals surface area contributed by atoms with Gasteiger partial charge in [-0.3, -0.25) is 24.1 Å². The van der Waals surface area contributed by atoms with Gasteiger partial charge < -0.3 is 4.74 Å². The fraction of sp³-hybridized carbons (Fsp3) is 0.455. The van der Waals surface area contributed by atoms with E-state index in [0.717, 1.165) is 27.2 Å². The smallest absolute Gasteiger partial charge is 0.326 e. The Kier molecular flexibility index (Phi) is 5.49. The molecule has 2 aliphatic rings. The number of esters is 1. The lowest BCUT2D eigenvalue weighted by Crippen LogP contribution is -2.37. The van der Waals surface area contributed by atoms with E-state index in [1.807, 2.05) is 39.8 Å². The third kappa shape index (κ3) is 3.51. The van der Waals surface area contributed by atoms with Gasteiger partial charge in [0.05, 0.1) is 11.8 Å². The summed E-state index contributed by atoms with van der Waals surface area (Å²) in [6.45, 7) is 6.91. The maximum absolute atomic E-state index is 12.5. The van der Waals surface area contributed by atoms with E-state index in [2.05, 4.69) is 0 Å². The van der Waals surface area contributed by atoms with Crippen molar-refractivity contribution >= 4 is 23.6 Å². The summed E-state index contributed by atoms with van der Waals surface area (Å²) in [5, 5.41) is 0. The van der Waals surface area contributed by atoms with Crippen LogP contribution in [0, 0.1) is 39.5 Å². The molecule has 28 heavy (non-hydrogen) atoms. The van der Waals surface area contributed by atoms with Crippen LogP contribution in [0.25, 0.3) is 0 Å². The molecule has 0 N–H and O–H groups in total. The molecule has 1 fully saturated rings. The first-order valence-corrected chi connectivity index (χ1v) is 9.48. The maximum atomic E-state index is 12.5. The number of aryl methyl sites for hydroxylation is 1. The number of nitrogens with zero attached hydrogens (tertiary/aromatic N) is 1. The van der Waals surface area contributed by atoms with Gasteiger partial charge in [-0.1, -0.05) is 12.2 Å². The van der Waals surface area contributed by atoms with Gasteiger partial charge in [0.15, 0.2) is 6.61 Å². The number of amides is 2. The van der Waals surface area contributed by atoms with E-state index in [1.54, 1.807) is 6.07 Å². The number of carbonyl (C=O) groups is 4. The predicted octanol–water partition coefficient (Wildman–Crippen LogP) is 2.60. The van der Waals surface area contributed by atoms with Crippen LogP contribution in [0.5, 0.6) is 0 Å². The van der Waals surface area contributed by atoms with Crippen LogP contribution in [0.4, 0.5) is 0 Å². The van der Waals surface area contributed by atoms with Gasteiger partial charge in [-0.2, -0.15) is 0 Å². The van der Waals surface area contributed by atoms with Crippen LogP contribution < -0.4 is 0 Å². The first kappa shape index (κ1) is 20.0. The molecule has 148 valence electrons. The van der Waals surface area contributed by atoms with Gasteiger partial charge in [0.1, 0.15) is 6.54 Å². The van der Waals surface area contributed by atoms with Crippen molar-refractivity contribution in [3.63, 3.8) is 0 Å². The molecule has 0 radical (unpaired) electrons. The minimum Gasteiger partial charge on any atom is -0.456 e. The fourth-order valence-corrected chi connectivity index (χ4v) is 3.92. The third-order valence-corrected chi connectivity index (χ3v) is 6.03. The molecule has 0 aromatic heterocycles. The summed E-state index contributed by atoms with van der Waals surface area (Å²) < 4.78 is 5.08. The largest absolute Gasteiger partial charge is 0.456 e. The molecular formula is C22H25NO5. The van der Waals surface area contributed by atoms with Gasteiger partial charge in [0.2, 0.25) is 17.6 Å². The number of imide groups is 1. The molecule has 6 heteroatoms. The topological polar surface area (TPSA) is 80.8 Å². The minimum absolute atomic E-state index is 0.297. The molecule has 1 aliphatic carbocycles. The quantitative estimate of drug-likeness (QED) is 0.338. The van der Waals surface area contributed by atoms with Crippen LogP contribution >= 0.6 is 0 Å². The van der Waals surface area contributed by atoms with Crippen molar-refractivity contribution in [1.29, 1.82) is 0 Å². The van der Waals surface area contributed by atoms with Gasteiger partial charge in [-0.25, -0.2) is 0 Å². The Morgan fingerprint density at radius 3 is 2.11 bits per heavy atom. The van der Waals surface area contributed by atoms with Gasteiger partial charge in [-0.15, -0.1) is 0 Å². The molecule has 2 atom stereocenters. The highest BCUT2D eigenvalue weighted by molar-refractivity contribution is 6.07. The number of Topliss-reactive ketones (excluding diaryl/α,β-unsaturated/α-hetero) is 1. The molecule has 6 nitrogen and oxygen atoms in total. The molecule has 1 aromatic carbocycles. The molecule has 1 saturated heterocycles. The Balaban J connectivity index is 1.61. The van der Waals surface area contributed by atoms with E-state index >= 15 is 0 Å². The molecule has 0 saturated carbocycles. The first-order valence-electron chi connectivity index (χ1n) is 9.48. The summed E-state index contributed by atoms with van der Waals surface area (Å²) in [4.78, 5) is 50.5. The van der Waals surface area contributed by atoms with Crippen molar-refractivity contribution in [2.45, 2.75) is 40.5 Å². The van der Waals surface area contributed by atoms with Gasteiger partial charge >= 0.3 is 5.97 Å². The zero-order chi connectivity index (χ0) is 20.6. The van der Waals surface area contributed by atoms with Gasteiger partial charge in [0, 0.05) is 5.56 Å². The minimum atomic E-state index is -0.750. The summed E-state index contributed by atoms with van der Waals surface area (Å²) in [7, 11) is 0. The molecule has 2 amide bonds. The lowest BCUT2D eigenvalue weighted by molar-refractivity contribution is -0.152. The lowest BCUT2D eigenvalue weighted by atomic mass is 9.85. The molecule has 3 rings (SSSR count). The standard InChI is InChI=1S/C22H25NO5/c1-12-9-18(15(4)14(3)13(12)2)19(24)11-28-20(25)10-23-21(26)16-7-5-6-8-17(16)22(23)27/h5-6,9,16-17H,7-8,10-11H2,1-4H3. The molecule has 0 bridgehead atoms. The number of fused-ring (bicyclic) bond motifs is 1. The molecule has 1 aromatic rings. The van der Waals surface area contributed by atoms with Crippen molar-refractivity contribution < 1.29 is 23.9 Å². The first-order chi connectivity index (χ1) is 13.2. The number of allylic oxidation sites excluding steroid dienone is 2. The van der Waals surface area contributed by atoms with Crippen LogP contribution in [-0.4, -0.2) is 41.6 Å². The van der Waals surface area contributed by atoms with E-state index < -0.39 is 19.1 Å². The van der Waals surface area contributed by atoms with Crippen LogP contribution in [0.2, 0.25) is 0 Å². The zero-order valence-corrected chi connectivity index (χ0v) is 16.7. The highest BCUT2D eigenvalue weighted by atomic mass is 16.5. The SMILES string of the molecule is Cc1cc(C(=O)COC(=O)CN2C(=O)C3CC=CCC3C2=O)c(C)c(C)c1C. The Morgan fingerprint density at radius 1 is 0.964 bits per heavy atom. The normalized spacial score (nSPS) is 21.1. The highest BCUT2D eigenvalue weighted by Gasteiger charge is 2.47. The zero-order valence-electron chi connectivity index (χ0n) is 16.7. The molecule has 0 spiro atoms. The number of ether oxygens (including phenoxy) is 1. The fourth-order valence-electron chi connectivity index (χ4n) is 3.92.